The van der Waals surface area contributed by atoms with E-state index in [1.807, 2.05) is 49.5 Å². The molecule has 26 heavy (non-hydrogen) atoms. The molecule has 2 aromatic rings. The molecule has 1 aromatic carbocycles. The van der Waals surface area contributed by atoms with E-state index in [2.05, 4.69) is 9.88 Å². The second-order valence-electron chi connectivity index (χ2n) is 6.62. The van der Waals surface area contributed by atoms with Crippen LogP contribution in [0.15, 0.2) is 36.7 Å². The van der Waals surface area contributed by atoms with Crippen molar-refractivity contribution >= 4 is 11.8 Å². The molecule has 1 aliphatic heterocycles. The molecule has 2 heterocycles. The van der Waals surface area contributed by atoms with Gasteiger partial charge in [-0.05, 0) is 25.5 Å². The van der Waals surface area contributed by atoms with E-state index in [0.29, 0.717) is 12.3 Å². The molecule has 1 aliphatic rings. The molecule has 138 valence electrons. The molecule has 3 rings (SSSR count). The molecular weight excluding hydrogens is 332 g/mol. The van der Waals surface area contributed by atoms with Crippen molar-refractivity contribution in [2.45, 2.75) is 25.4 Å². The first-order valence-corrected chi connectivity index (χ1v) is 8.70. The molecule has 0 radical (unpaired) electrons. The zero-order chi connectivity index (χ0) is 18.5. The van der Waals surface area contributed by atoms with Gasteiger partial charge in [0.2, 0.25) is 0 Å². The molecule has 0 spiro atoms. The number of nitrogens with zero attached hydrogens (tertiary/aromatic N) is 4. The third-order valence-electron chi connectivity index (χ3n) is 4.50. The van der Waals surface area contributed by atoms with Crippen molar-refractivity contribution in [1.29, 1.82) is 0 Å². The Morgan fingerprint density at radius 3 is 2.92 bits per heavy atom. The van der Waals surface area contributed by atoms with Crippen LogP contribution in [0.4, 0.5) is 5.82 Å². The third-order valence-corrected chi connectivity index (χ3v) is 4.50. The molecule has 7 heteroatoms. The number of anilines is 1. The predicted molar refractivity (Wildman–Crippen MR) is 98.3 cm³/mol. The van der Waals surface area contributed by atoms with Crippen LogP contribution in [-0.2, 0) is 11.3 Å². The summed E-state index contributed by atoms with van der Waals surface area (Å²) >= 11 is 0. The Morgan fingerprint density at radius 1 is 1.35 bits per heavy atom. The van der Waals surface area contributed by atoms with Crippen LogP contribution < -0.4 is 9.64 Å². The SMILES string of the molecule is CN(C)c1cncc([C@@H]2CCCN2Cc2ccccc2OCC(=O)O)n1. The molecule has 1 aromatic heterocycles. The van der Waals surface area contributed by atoms with Gasteiger partial charge in [0.1, 0.15) is 11.6 Å². The predicted octanol–water partition coefficient (Wildman–Crippen LogP) is 2.34. The van der Waals surface area contributed by atoms with Crippen LogP contribution in [0.1, 0.15) is 30.1 Å². The minimum atomic E-state index is -0.977. The highest BCUT2D eigenvalue weighted by Gasteiger charge is 2.28. The maximum atomic E-state index is 10.8. The highest BCUT2D eigenvalue weighted by atomic mass is 16.5. The van der Waals surface area contributed by atoms with Gasteiger partial charge in [0, 0.05) is 26.2 Å². The smallest absolute Gasteiger partial charge is 0.341 e. The molecule has 0 bridgehead atoms. The largest absolute Gasteiger partial charge is 0.482 e. The Labute approximate surface area is 153 Å². The van der Waals surface area contributed by atoms with E-state index in [1.165, 1.54) is 0 Å². The second kappa shape index (κ2) is 8.14. The standard InChI is InChI=1S/C19H24N4O3/c1-22(2)18-11-20-10-15(21-18)16-7-5-9-23(16)12-14-6-3-4-8-17(14)26-13-19(24)25/h3-4,6,8,10-11,16H,5,7,9,12-13H2,1-2H3,(H,24,25)/t16-/m0/s1. The molecule has 0 amide bonds. The lowest BCUT2D eigenvalue weighted by molar-refractivity contribution is -0.139. The van der Waals surface area contributed by atoms with Gasteiger partial charge in [-0.15, -0.1) is 0 Å². The fourth-order valence-corrected chi connectivity index (χ4v) is 3.23. The van der Waals surface area contributed by atoms with Crippen molar-refractivity contribution in [3.8, 4) is 5.75 Å². The van der Waals surface area contributed by atoms with Crippen LogP contribution in [0.5, 0.6) is 5.75 Å². The molecular formula is C19H24N4O3. The minimum absolute atomic E-state index is 0.204. The average molecular weight is 356 g/mol. The number of rotatable bonds is 7. The highest BCUT2D eigenvalue weighted by molar-refractivity contribution is 5.68. The summed E-state index contributed by atoms with van der Waals surface area (Å²) in [6.45, 7) is 1.32. The van der Waals surface area contributed by atoms with Gasteiger partial charge in [-0.1, -0.05) is 18.2 Å². The normalized spacial score (nSPS) is 17.2. The Balaban J connectivity index is 1.77. The monoisotopic (exact) mass is 356 g/mol. The molecule has 0 unspecified atom stereocenters. The lowest BCUT2D eigenvalue weighted by atomic mass is 10.1. The van der Waals surface area contributed by atoms with Crippen molar-refractivity contribution < 1.29 is 14.6 Å². The van der Waals surface area contributed by atoms with Crippen molar-refractivity contribution in [2.24, 2.45) is 0 Å². The quantitative estimate of drug-likeness (QED) is 0.816. The molecule has 0 aliphatic carbocycles. The number of carboxylic acid groups (broad SMARTS) is 1. The van der Waals surface area contributed by atoms with Gasteiger partial charge in [0.25, 0.3) is 0 Å². The van der Waals surface area contributed by atoms with Gasteiger partial charge in [-0.2, -0.15) is 0 Å². The Kier molecular flexibility index (Phi) is 5.68. The summed E-state index contributed by atoms with van der Waals surface area (Å²) in [5.74, 6) is 0.489. The molecule has 7 nitrogen and oxygen atoms in total. The summed E-state index contributed by atoms with van der Waals surface area (Å²) < 4.78 is 5.44. The third kappa shape index (κ3) is 4.29. The number of hydrogen-bond acceptors (Lipinski definition) is 6. The van der Waals surface area contributed by atoms with Gasteiger partial charge in [-0.3, -0.25) is 9.88 Å². The van der Waals surface area contributed by atoms with E-state index < -0.39 is 5.97 Å². The number of benzene rings is 1. The van der Waals surface area contributed by atoms with Crippen LogP contribution in [0.2, 0.25) is 0 Å². The maximum Gasteiger partial charge on any atom is 0.341 e. The van der Waals surface area contributed by atoms with Gasteiger partial charge in [-0.25, -0.2) is 9.78 Å². The van der Waals surface area contributed by atoms with Gasteiger partial charge in [0.15, 0.2) is 6.61 Å². The number of aromatic nitrogens is 2. The van der Waals surface area contributed by atoms with Gasteiger partial charge in [0.05, 0.1) is 24.1 Å². The first-order chi connectivity index (χ1) is 12.5. The maximum absolute atomic E-state index is 10.8. The topological polar surface area (TPSA) is 78.8 Å². The van der Waals surface area contributed by atoms with Crippen LogP contribution in [0.25, 0.3) is 0 Å². The van der Waals surface area contributed by atoms with Crippen molar-refractivity contribution in [3.63, 3.8) is 0 Å². The van der Waals surface area contributed by atoms with Crippen molar-refractivity contribution in [2.75, 3.05) is 32.1 Å². The minimum Gasteiger partial charge on any atom is -0.482 e. The highest BCUT2D eigenvalue weighted by Crippen LogP contribution is 2.34. The van der Waals surface area contributed by atoms with E-state index >= 15 is 0 Å². The van der Waals surface area contributed by atoms with E-state index in [9.17, 15) is 4.79 Å². The number of aliphatic carboxylic acids is 1. The number of carbonyl (C=O) groups is 1. The zero-order valence-corrected chi connectivity index (χ0v) is 15.1. The summed E-state index contributed by atoms with van der Waals surface area (Å²) in [5, 5.41) is 8.86. The lowest BCUT2D eigenvalue weighted by Gasteiger charge is -2.25. The number of ether oxygens (including phenoxy) is 1. The number of para-hydroxylation sites is 1. The number of likely N-dealkylation sites (tertiary alicyclic amines) is 1. The van der Waals surface area contributed by atoms with Crippen LogP contribution in [0, 0.1) is 0 Å². The molecule has 1 fully saturated rings. The first-order valence-electron chi connectivity index (χ1n) is 8.70. The van der Waals surface area contributed by atoms with E-state index in [-0.39, 0.29) is 12.6 Å². The molecule has 0 saturated carbocycles. The number of hydrogen-bond donors (Lipinski definition) is 1. The summed E-state index contributed by atoms with van der Waals surface area (Å²) in [5.41, 5.74) is 1.95. The number of carboxylic acids is 1. The van der Waals surface area contributed by atoms with Crippen LogP contribution >= 0.6 is 0 Å². The van der Waals surface area contributed by atoms with E-state index in [1.54, 1.807) is 6.20 Å². The van der Waals surface area contributed by atoms with Gasteiger partial charge >= 0.3 is 5.97 Å². The molecule has 1 N–H and O–H groups in total. The van der Waals surface area contributed by atoms with Gasteiger partial charge < -0.3 is 14.7 Å². The fraction of sp³-hybridized carbons (Fsp3) is 0.421. The average Bonchev–Trinajstić information content (AvgIpc) is 3.09. The zero-order valence-electron chi connectivity index (χ0n) is 15.1. The summed E-state index contributed by atoms with van der Waals surface area (Å²) in [7, 11) is 3.91. The second-order valence-corrected chi connectivity index (χ2v) is 6.62. The van der Waals surface area contributed by atoms with E-state index in [4.69, 9.17) is 14.8 Å². The van der Waals surface area contributed by atoms with Crippen LogP contribution in [0.3, 0.4) is 0 Å². The summed E-state index contributed by atoms with van der Waals surface area (Å²) in [6, 6.07) is 7.80. The van der Waals surface area contributed by atoms with Crippen molar-refractivity contribution in [3.05, 3.63) is 47.9 Å². The molecule has 1 atom stereocenters. The fourth-order valence-electron chi connectivity index (χ4n) is 3.23. The Hall–Kier alpha value is -2.67. The summed E-state index contributed by atoms with van der Waals surface area (Å²) in [4.78, 5) is 24.2. The Morgan fingerprint density at radius 2 is 2.15 bits per heavy atom. The lowest BCUT2D eigenvalue weighted by Crippen LogP contribution is -2.25. The molecule has 1 saturated heterocycles. The van der Waals surface area contributed by atoms with Crippen LogP contribution in [-0.4, -0.2) is 53.2 Å². The first kappa shape index (κ1) is 18.1. The summed E-state index contributed by atoms with van der Waals surface area (Å²) in [6.07, 6.45) is 5.72. The Bertz CT molecular complexity index is 766. The van der Waals surface area contributed by atoms with Crippen molar-refractivity contribution in [1.82, 2.24) is 14.9 Å². The van der Waals surface area contributed by atoms with E-state index in [0.717, 1.165) is 36.5 Å².